The molecule has 6 aromatic rings. The molecule has 0 aliphatic carbocycles. The topological polar surface area (TPSA) is 175 Å². The molecule has 4 heterocycles. The molecule has 0 spiro atoms. The molecule has 314 valence electrons. The van der Waals surface area contributed by atoms with E-state index in [-0.39, 0.29) is 36.4 Å². The van der Waals surface area contributed by atoms with Crippen molar-refractivity contribution in [2.24, 2.45) is 5.92 Å². The summed E-state index contributed by atoms with van der Waals surface area (Å²) in [6, 6.07) is 28.6. The number of methoxy groups -OCH3 is 2. The third-order valence-electron chi connectivity index (χ3n) is 11.8. The minimum Gasteiger partial charge on any atom is -0.453 e. The number of imidazole rings is 2. The van der Waals surface area contributed by atoms with Gasteiger partial charge in [-0.25, -0.2) is 19.6 Å². The fraction of sp³-hybridized carbons (Fsp3) is 0.319. The Hall–Kier alpha value is -6.96. The number of nitrogens with zero attached hydrogens (tertiary/aromatic N) is 4. The molecule has 2 aliphatic heterocycles. The number of carbonyl (C=O) groups excluding carboxylic acids is 4. The first kappa shape index (κ1) is 40.8. The van der Waals surface area contributed by atoms with Crippen molar-refractivity contribution in [2.75, 3.05) is 33.9 Å². The molecule has 0 saturated carbocycles. The van der Waals surface area contributed by atoms with Gasteiger partial charge in [-0.2, -0.15) is 0 Å². The van der Waals surface area contributed by atoms with E-state index in [2.05, 4.69) is 115 Å². The number of nitrogens with one attached hydrogen (secondary N) is 4. The Bertz CT molecular complexity index is 2550. The Labute approximate surface area is 354 Å². The summed E-state index contributed by atoms with van der Waals surface area (Å²) in [5.41, 5.74) is 8.12. The molecule has 14 heteroatoms. The maximum Gasteiger partial charge on any atom is 0.407 e. The summed E-state index contributed by atoms with van der Waals surface area (Å²) < 4.78 is 9.38. The van der Waals surface area contributed by atoms with Gasteiger partial charge in [-0.05, 0) is 75.8 Å². The maximum atomic E-state index is 13.6. The van der Waals surface area contributed by atoms with Crippen LogP contribution in [-0.2, 0) is 19.1 Å². The van der Waals surface area contributed by atoms with Gasteiger partial charge in [0.05, 0.1) is 50.1 Å². The van der Waals surface area contributed by atoms with Crippen LogP contribution in [0.3, 0.4) is 0 Å². The third kappa shape index (κ3) is 8.43. The van der Waals surface area contributed by atoms with Crippen LogP contribution in [0.25, 0.3) is 55.5 Å². The predicted octanol–water partition coefficient (Wildman–Crippen LogP) is 8.02. The second-order valence-corrected chi connectivity index (χ2v) is 15.9. The number of aromatic amines is 2. The summed E-state index contributed by atoms with van der Waals surface area (Å²) in [5.74, 6) is 1.03. The smallest absolute Gasteiger partial charge is 0.407 e. The highest BCUT2D eigenvalue weighted by molar-refractivity contribution is 6.04. The number of H-pyrrole nitrogens is 2. The lowest BCUT2D eigenvalue weighted by atomic mass is 9.92. The predicted molar refractivity (Wildman–Crippen MR) is 232 cm³/mol. The average Bonchev–Trinajstić information content (AvgIpc) is 4.14. The van der Waals surface area contributed by atoms with Crippen LogP contribution in [0.15, 0.2) is 97.3 Å². The number of rotatable bonds is 11. The number of likely N-dealkylation sites (tertiary alicyclic amines) is 2. The van der Waals surface area contributed by atoms with E-state index in [1.54, 1.807) is 4.90 Å². The average molecular weight is 823 g/mol. The molecule has 14 nitrogen and oxygen atoms in total. The van der Waals surface area contributed by atoms with Crippen LogP contribution in [0.5, 0.6) is 0 Å². The summed E-state index contributed by atoms with van der Waals surface area (Å²) >= 11 is 0. The lowest BCUT2D eigenvalue weighted by Gasteiger charge is -2.30. The van der Waals surface area contributed by atoms with Crippen LogP contribution in [-0.4, -0.2) is 93.6 Å². The van der Waals surface area contributed by atoms with Crippen LogP contribution >= 0.6 is 0 Å². The summed E-state index contributed by atoms with van der Waals surface area (Å²) in [7, 11) is 2.56. The molecule has 4 amide bonds. The zero-order chi connectivity index (χ0) is 42.6. The molecule has 3 atom stereocenters. The molecule has 0 unspecified atom stereocenters. The van der Waals surface area contributed by atoms with E-state index in [1.807, 2.05) is 31.1 Å². The van der Waals surface area contributed by atoms with Crippen LogP contribution in [0, 0.1) is 5.92 Å². The van der Waals surface area contributed by atoms with E-state index in [9.17, 15) is 19.2 Å². The fourth-order valence-electron chi connectivity index (χ4n) is 8.64. The summed E-state index contributed by atoms with van der Waals surface area (Å²) in [6.07, 6.45) is 5.64. The molecular formula is C47H50N8O6. The molecule has 61 heavy (non-hydrogen) atoms. The minimum absolute atomic E-state index is 0.108. The van der Waals surface area contributed by atoms with Gasteiger partial charge in [-0.3, -0.25) is 9.59 Å². The molecule has 2 fully saturated rings. The van der Waals surface area contributed by atoms with Gasteiger partial charge in [0.25, 0.3) is 0 Å². The lowest BCUT2D eigenvalue weighted by Crippen LogP contribution is -2.51. The third-order valence-corrected chi connectivity index (χ3v) is 11.8. The van der Waals surface area contributed by atoms with E-state index in [4.69, 9.17) is 9.72 Å². The van der Waals surface area contributed by atoms with Gasteiger partial charge in [-0.15, -0.1) is 0 Å². The second kappa shape index (κ2) is 17.7. The Morgan fingerprint density at radius 1 is 0.672 bits per heavy atom. The van der Waals surface area contributed by atoms with Crippen LogP contribution in [0.1, 0.15) is 63.3 Å². The quantitative estimate of drug-likeness (QED) is 0.102. The van der Waals surface area contributed by atoms with Gasteiger partial charge in [0.1, 0.15) is 24.2 Å². The van der Waals surface area contributed by atoms with Crippen molar-refractivity contribution in [2.45, 2.75) is 57.7 Å². The Kier molecular flexibility index (Phi) is 11.9. The molecule has 2 aliphatic rings. The second-order valence-electron chi connectivity index (χ2n) is 15.9. The van der Waals surface area contributed by atoms with Crippen molar-refractivity contribution in [1.82, 2.24) is 40.4 Å². The molecular weight excluding hydrogens is 773 g/mol. The van der Waals surface area contributed by atoms with Gasteiger partial charge >= 0.3 is 12.2 Å². The fourth-order valence-corrected chi connectivity index (χ4v) is 8.64. The van der Waals surface area contributed by atoms with E-state index in [1.165, 1.54) is 14.2 Å². The number of fused-ring (bicyclic) bond motifs is 1. The van der Waals surface area contributed by atoms with Crippen molar-refractivity contribution < 1.29 is 28.7 Å². The van der Waals surface area contributed by atoms with Gasteiger partial charge in [0, 0.05) is 13.1 Å². The molecule has 0 radical (unpaired) electrons. The SMILES string of the molecule is COC(=O)NCC(=O)N1CCC[C@H]1c1ncc(-c2ccc(-c3cccc4c(-c5ccc(-c6cnc([C@@H]7CCCN7C(=O)[C@@H](NC(=O)OC)C(C)C)[nH]6)cc5)cccc34)cc2)[nH]1. The van der Waals surface area contributed by atoms with Gasteiger partial charge in [0.15, 0.2) is 0 Å². The Morgan fingerprint density at radius 3 is 1.64 bits per heavy atom. The van der Waals surface area contributed by atoms with Gasteiger partial charge in [0.2, 0.25) is 11.8 Å². The standard InChI is InChI=1S/C47H50N8O6/c1-28(2)42(53-47(59)61-4)45(57)55-24-8-14-40(55)44-49-26-38(52-44)32-21-17-30(18-22-32)34-10-6-11-35-33(9-5-12-36(34)35)29-15-19-31(20-16-29)37-25-48-43(51-37)39-13-7-23-54(39)41(56)27-50-46(58)60-3/h5-6,9-12,15-22,25-26,28,39-40,42H,7-8,13-14,23-24,27H2,1-4H3,(H,48,51)(H,49,52)(H,50,58)(H,53,59)/t39-,40-,42-/m0/s1. The molecule has 4 N–H and O–H groups in total. The number of benzene rings is 4. The molecule has 0 bridgehead atoms. The summed E-state index contributed by atoms with van der Waals surface area (Å²) in [5, 5.41) is 7.47. The highest BCUT2D eigenvalue weighted by atomic mass is 16.5. The Balaban J connectivity index is 0.969. The number of alkyl carbamates (subject to hydrolysis) is 2. The molecule has 4 aromatic carbocycles. The number of aromatic nitrogens is 4. The highest BCUT2D eigenvalue weighted by Gasteiger charge is 2.37. The van der Waals surface area contributed by atoms with Crippen molar-refractivity contribution in [3.63, 3.8) is 0 Å². The van der Waals surface area contributed by atoms with Crippen molar-refractivity contribution in [1.29, 1.82) is 0 Å². The molecule has 8 rings (SSSR count). The first-order chi connectivity index (χ1) is 29.6. The van der Waals surface area contributed by atoms with E-state index < -0.39 is 18.2 Å². The van der Waals surface area contributed by atoms with E-state index in [0.29, 0.717) is 13.1 Å². The van der Waals surface area contributed by atoms with Crippen LogP contribution in [0.2, 0.25) is 0 Å². The van der Waals surface area contributed by atoms with Gasteiger partial charge < -0.3 is 39.9 Å². The zero-order valence-corrected chi connectivity index (χ0v) is 34.7. The van der Waals surface area contributed by atoms with Gasteiger partial charge in [-0.1, -0.05) is 98.8 Å². The maximum absolute atomic E-state index is 13.6. The lowest BCUT2D eigenvalue weighted by molar-refractivity contribution is -0.135. The van der Waals surface area contributed by atoms with E-state index >= 15 is 0 Å². The first-order valence-electron chi connectivity index (χ1n) is 20.7. The van der Waals surface area contributed by atoms with Crippen molar-refractivity contribution in [3.05, 3.63) is 109 Å². The zero-order valence-electron chi connectivity index (χ0n) is 34.7. The number of amides is 4. The minimum atomic E-state index is -0.691. The summed E-state index contributed by atoms with van der Waals surface area (Å²) in [6.45, 7) is 4.88. The number of carbonyl (C=O) groups is 4. The first-order valence-corrected chi connectivity index (χ1v) is 20.7. The molecule has 2 saturated heterocycles. The van der Waals surface area contributed by atoms with E-state index in [0.717, 1.165) is 92.9 Å². The monoisotopic (exact) mass is 822 g/mol. The number of hydrogen-bond donors (Lipinski definition) is 4. The summed E-state index contributed by atoms with van der Waals surface area (Å²) in [4.78, 5) is 69.9. The largest absolute Gasteiger partial charge is 0.453 e. The normalized spacial score (nSPS) is 16.8. The van der Waals surface area contributed by atoms with Crippen molar-refractivity contribution >= 4 is 34.8 Å². The van der Waals surface area contributed by atoms with Crippen LogP contribution in [0.4, 0.5) is 9.59 Å². The highest BCUT2D eigenvalue weighted by Crippen LogP contribution is 2.38. The van der Waals surface area contributed by atoms with Crippen molar-refractivity contribution in [3.8, 4) is 44.8 Å². The van der Waals surface area contributed by atoms with Crippen LogP contribution < -0.4 is 10.6 Å². The number of hydrogen-bond acceptors (Lipinski definition) is 8. The Morgan fingerprint density at radius 2 is 1.15 bits per heavy atom. The number of ether oxygens (including phenoxy) is 2. The molecule has 2 aromatic heterocycles.